The summed E-state index contributed by atoms with van der Waals surface area (Å²) in [5, 5.41) is 8.91. The largest absolute Gasteiger partial charge is 0.497 e. The molecule has 0 spiro atoms. The predicted octanol–water partition coefficient (Wildman–Crippen LogP) is 3.07. The van der Waals surface area contributed by atoms with E-state index in [2.05, 4.69) is 0 Å². The van der Waals surface area contributed by atoms with E-state index in [9.17, 15) is 13.2 Å². The molecule has 2 rings (SSSR count). The van der Waals surface area contributed by atoms with Crippen molar-refractivity contribution in [3.05, 3.63) is 48.0 Å². The van der Waals surface area contributed by atoms with Crippen LogP contribution in [-0.4, -0.2) is 40.3 Å². The van der Waals surface area contributed by atoms with Gasteiger partial charge in [0, 0.05) is 19.0 Å². The van der Waals surface area contributed by atoms with E-state index in [1.807, 2.05) is 6.92 Å². The van der Waals surface area contributed by atoms with E-state index in [4.69, 9.17) is 14.6 Å². The second-order valence-corrected chi connectivity index (χ2v) is 7.79. The number of methoxy groups -OCH3 is 2. The number of hydrogen-bond donors (Lipinski definition) is 1. The summed E-state index contributed by atoms with van der Waals surface area (Å²) in [6, 6.07) is 11.3. The maximum Gasteiger partial charge on any atom is 0.303 e. The van der Waals surface area contributed by atoms with Crippen molar-refractivity contribution >= 4 is 21.7 Å². The first kappa shape index (κ1) is 20.6. The van der Waals surface area contributed by atoms with Gasteiger partial charge in [-0.25, -0.2) is 8.42 Å². The highest BCUT2D eigenvalue weighted by Crippen LogP contribution is 2.35. The molecule has 1 N–H and O–H groups in total. The van der Waals surface area contributed by atoms with Gasteiger partial charge in [0.05, 0.1) is 24.8 Å². The number of rotatable bonds is 9. The standard InChI is InChI=1S/C19H23NO6S/c1-14-6-9-16(10-7-14)27(23,24)20(12-4-5-19(21)22)17-11-8-15(25-2)13-18(17)26-3/h6-11,13H,4-5,12H2,1-3H3,(H,21,22). The molecule has 0 bridgehead atoms. The number of aryl methyl sites for hydroxylation is 1. The van der Waals surface area contributed by atoms with Crippen molar-refractivity contribution in [1.82, 2.24) is 0 Å². The van der Waals surface area contributed by atoms with Crippen LogP contribution in [0.15, 0.2) is 47.4 Å². The summed E-state index contributed by atoms with van der Waals surface area (Å²) in [7, 11) is -0.963. The number of nitrogens with zero attached hydrogens (tertiary/aromatic N) is 1. The molecule has 0 amide bonds. The first-order chi connectivity index (χ1) is 12.8. The Bertz CT molecular complexity index is 893. The number of anilines is 1. The zero-order chi connectivity index (χ0) is 20.0. The summed E-state index contributed by atoms with van der Waals surface area (Å²) in [5.74, 6) is -0.140. The van der Waals surface area contributed by atoms with E-state index in [1.165, 1.54) is 30.7 Å². The van der Waals surface area contributed by atoms with Crippen LogP contribution < -0.4 is 13.8 Å². The fraction of sp³-hybridized carbons (Fsp3) is 0.316. The Hall–Kier alpha value is -2.74. The molecular formula is C19H23NO6S. The van der Waals surface area contributed by atoms with Crippen molar-refractivity contribution < 1.29 is 27.8 Å². The number of carbonyl (C=O) groups is 1. The molecule has 8 heteroatoms. The van der Waals surface area contributed by atoms with Crippen LogP contribution >= 0.6 is 0 Å². The van der Waals surface area contributed by atoms with E-state index >= 15 is 0 Å². The molecule has 146 valence electrons. The van der Waals surface area contributed by atoms with Crippen LogP contribution in [0.4, 0.5) is 5.69 Å². The minimum absolute atomic E-state index is 0.00516. The predicted molar refractivity (Wildman–Crippen MR) is 102 cm³/mol. The normalized spacial score (nSPS) is 11.1. The lowest BCUT2D eigenvalue weighted by Crippen LogP contribution is -2.32. The fourth-order valence-corrected chi connectivity index (χ4v) is 4.09. The van der Waals surface area contributed by atoms with Gasteiger partial charge in [0.15, 0.2) is 0 Å². The number of carboxylic acids is 1. The van der Waals surface area contributed by atoms with E-state index in [0.29, 0.717) is 17.2 Å². The van der Waals surface area contributed by atoms with Gasteiger partial charge in [0.1, 0.15) is 11.5 Å². The summed E-state index contributed by atoms with van der Waals surface area (Å²) in [6.45, 7) is 1.87. The number of sulfonamides is 1. The molecule has 2 aromatic carbocycles. The van der Waals surface area contributed by atoms with Gasteiger partial charge in [-0.3, -0.25) is 9.10 Å². The van der Waals surface area contributed by atoms with Crippen molar-refractivity contribution in [3.8, 4) is 11.5 Å². The monoisotopic (exact) mass is 393 g/mol. The average molecular weight is 393 g/mol. The highest BCUT2D eigenvalue weighted by molar-refractivity contribution is 7.92. The third kappa shape index (κ3) is 4.91. The van der Waals surface area contributed by atoms with Crippen molar-refractivity contribution in [3.63, 3.8) is 0 Å². The lowest BCUT2D eigenvalue weighted by molar-refractivity contribution is -0.137. The average Bonchev–Trinajstić information content (AvgIpc) is 2.65. The van der Waals surface area contributed by atoms with Gasteiger partial charge >= 0.3 is 5.97 Å². The van der Waals surface area contributed by atoms with Gasteiger partial charge in [0.2, 0.25) is 0 Å². The van der Waals surface area contributed by atoms with Crippen molar-refractivity contribution in [1.29, 1.82) is 0 Å². The maximum absolute atomic E-state index is 13.2. The molecule has 0 aromatic heterocycles. The third-order valence-corrected chi connectivity index (χ3v) is 5.84. The number of carboxylic acid groups (broad SMARTS) is 1. The molecule has 0 atom stereocenters. The Morgan fingerprint density at radius 2 is 1.74 bits per heavy atom. The molecule has 0 saturated heterocycles. The molecular weight excluding hydrogens is 370 g/mol. The number of benzene rings is 2. The molecule has 0 aliphatic heterocycles. The Balaban J connectivity index is 2.51. The molecule has 27 heavy (non-hydrogen) atoms. The number of aliphatic carboxylic acids is 1. The molecule has 0 heterocycles. The zero-order valence-corrected chi connectivity index (χ0v) is 16.3. The molecule has 0 radical (unpaired) electrons. The summed E-state index contributed by atoms with van der Waals surface area (Å²) in [5.41, 5.74) is 1.26. The second-order valence-electron chi connectivity index (χ2n) is 5.93. The van der Waals surface area contributed by atoms with Crippen LogP contribution in [0.25, 0.3) is 0 Å². The van der Waals surface area contributed by atoms with E-state index in [0.717, 1.165) is 5.56 Å². The van der Waals surface area contributed by atoms with Crippen LogP contribution in [0, 0.1) is 6.92 Å². The minimum Gasteiger partial charge on any atom is -0.497 e. The fourth-order valence-electron chi connectivity index (χ4n) is 2.57. The van der Waals surface area contributed by atoms with Crippen molar-refractivity contribution in [2.45, 2.75) is 24.7 Å². The highest BCUT2D eigenvalue weighted by Gasteiger charge is 2.27. The van der Waals surface area contributed by atoms with Crippen molar-refractivity contribution in [2.75, 3.05) is 25.1 Å². The lowest BCUT2D eigenvalue weighted by atomic mass is 10.2. The zero-order valence-electron chi connectivity index (χ0n) is 15.5. The quantitative estimate of drug-likeness (QED) is 0.704. The van der Waals surface area contributed by atoms with Gasteiger partial charge in [-0.1, -0.05) is 17.7 Å². The lowest BCUT2D eigenvalue weighted by Gasteiger charge is -2.26. The summed E-state index contributed by atoms with van der Waals surface area (Å²) < 4.78 is 38.2. The molecule has 7 nitrogen and oxygen atoms in total. The number of ether oxygens (including phenoxy) is 2. The van der Waals surface area contributed by atoms with E-state index in [1.54, 1.807) is 30.3 Å². The molecule has 0 unspecified atom stereocenters. The van der Waals surface area contributed by atoms with Crippen LogP contribution in [-0.2, 0) is 14.8 Å². The smallest absolute Gasteiger partial charge is 0.303 e. The summed E-state index contributed by atoms with van der Waals surface area (Å²) in [4.78, 5) is 11.0. The van der Waals surface area contributed by atoms with Gasteiger partial charge in [-0.15, -0.1) is 0 Å². The second kappa shape index (κ2) is 8.77. The highest BCUT2D eigenvalue weighted by atomic mass is 32.2. The first-order valence-electron chi connectivity index (χ1n) is 8.33. The SMILES string of the molecule is COc1ccc(N(CCCC(=O)O)S(=O)(=O)c2ccc(C)cc2)c(OC)c1. The summed E-state index contributed by atoms with van der Waals surface area (Å²) in [6.07, 6.45) is 0.0218. The van der Waals surface area contributed by atoms with Crippen LogP contribution in [0.3, 0.4) is 0 Å². The maximum atomic E-state index is 13.2. The number of hydrogen-bond acceptors (Lipinski definition) is 5. The Labute approximate surface area is 159 Å². The van der Waals surface area contributed by atoms with Gasteiger partial charge in [-0.05, 0) is 37.6 Å². The van der Waals surface area contributed by atoms with E-state index < -0.39 is 16.0 Å². The molecule has 2 aromatic rings. The van der Waals surface area contributed by atoms with Crippen LogP contribution in [0.5, 0.6) is 11.5 Å². The van der Waals surface area contributed by atoms with Crippen molar-refractivity contribution in [2.24, 2.45) is 0 Å². The van der Waals surface area contributed by atoms with Crippen LogP contribution in [0.1, 0.15) is 18.4 Å². The molecule has 0 aliphatic rings. The Morgan fingerprint density at radius 1 is 1.07 bits per heavy atom. The van der Waals surface area contributed by atoms with Gasteiger partial charge in [-0.2, -0.15) is 0 Å². The molecule has 0 aliphatic carbocycles. The third-order valence-electron chi connectivity index (χ3n) is 4.02. The Kier molecular flexibility index (Phi) is 6.68. The Morgan fingerprint density at radius 3 is 2.30 bits per heavy atom. The molecule has 0 fully saturated rings. The summed E-state index contributed by atoms with van der Waals surface area (Å²) >= 11 is 0. The van der Waals surface area contributed by atoms with Gasteiger partial charge in [0.25, 0.3) is 10.0 Å². The topological polar surface area (TPSA) is 93.1 Å². The van der Waals surface area contributed by atoms with E-state index in [-0.39, 0.29) is 24.3 Å². The molecule has 0 saturated carbocycles. The van der Waals surface area contributed by atoms with Crippen LogP contribution in [0.2, 0.25) is 0 Å². The van der Waals surface area contributed by atoms with Gasteiger partial charge < -0.3 is 14.6 Å². The minimum atomic E-state index is -3.90. The first-order valence-corrected chi connectivity index (χ1v) is 9.77.